The average Bonchev–Trinajstić information content (AvgIpc) is 3.17. The van der Waals surface area contributed by atoms with Gasteiger partial charge in [-0.25, -0.2) is 4.68 Å². The summed E-state index contributed by atoms with van der Waals surface area (Å²) in [6.45, 7) is 2.32. The lowest BCUT2D eigenvalue weighted by Gasteiger charge is -2.22. The Hall–Kier alpha value is -2.21. The lowest BCUT2D eigenvalue weighted by atomic mass is 10.0. The number of nitrogens with zero attached hydrogens (tertiary/aromatic N) is 3. The van der Waals surface area contributed by atoms with Gasteiger partial charge >= 0.3 is 0 Å². The van der Waals surface area contributed by atoms with Crippen molar-refractivity contribution in [2.24, 2.45) is 11.8 Å². The van der Waals surface area contributed by atoms with Gasteiger partial charge in [-0.15, -0.1) is 0 Å². The van der Waals surface area contributed by atoms with Crippen molar-refractivity contribution >= 4 is 5.91 Å². The van der Waals surface area contributed by atoms with Crippen molar-refractivity contribution in [1.82, 2.24) is 20.1 Å². The van der Waals surface area contributed by atoms with E-state index in [0.717, 1.165) is 43.7 Å². The third kappa shape index (κ3) is 2.65. The van der Waals surface area contributed by atoms with E-state index in [-0.39, 0.29) is 5.91 Å². The molecule has 2 atom stereocenters. The molecule has 2 aliphatic carbocycles. The molecule has 2 aromatic rings. The lowest BCUT2D eigenvalue weighted by molar-refractivity contribution is 0.0642. The van der Waals surface area contributed by atoms with Crippen LogP contribution in [0.4, 0.5) is 0 Å². The number of hydrogen-bond acceptors (Lipinski definition) is 4. The average molecular weight is 338 g/mol. The lowest BCUT2D eigenvalue weighted by Crippen LogP contribution is -2.32. The molecule has 0 bridgehead atoms. The van der Waals surface area contributed by atoms with Crippen molar-refractivity contribution in [3.63, 3.8) is 0 Å². The second-order valence-corrected chi connectivity index (χ2v) is 7.40. The summed E-state index contributed by atoms with van der Waals surface area (Å²) in [5.41, 5.74) is 4.00. The first-order valence-electron chi connectivity index (χ1n) is 9.19. The third-order valence-electron chi connectivity index (χ3n) is 5.78. The molecule has 1 amide bonds. The summed E-state index contributed by atoms with van der Waals surface area (Å²) in [5, 5.41) is 7.81. The monoisotopic (exact) mass is 338 g/mol. The first kappa shape index (κ1) is 15.1. The summed E-state index contributed by atoms with van der Waals surface area (Å²) in [6, 6.07) is 3.90. The number of hydrogen-bond donors (Lipinski definition) is 1. The third-order valence-corrected chi connectivity index (χ3v) is 5.78. The van der Waals surface area contributed by atoms with E-state index >= 15 is 0 Å². The molecule has 1 saturated carbocycles. The molecule has 0 spiro atoms. The highest BCUT2D eigenvalue weighted by atomic mass is 16.5. The molecule has 2 aromatic heterocycles. The number of carbonyl (C=O) groups is 1. The summed E-state index contributed by atoms with van der Waals surface area (Å²) in [6.07, 6.45) is 7.81. The Labute approximate surface area is 146 Å². The molecular weight excluding hydrogens is 316 g/mol. The van der Waals surface area contributed by atoms with Crippen molar-refractivity contribution in [3.05, 3.63) is 41.5 Å². The molecule has 130 valence electrons. The van der Waals surface area contributed by atoms with Crippen LogP contribution in [-0.2, 0) is 11.2 Å². The summed E-state index contributed by atoms with van der Waals surface area (Å²) in [7, 11) is 0. The highest BCUT2D eigenvalue weighted by Crippen LogP contribution is 2.57. The minimum Gasteiger partial charge on any atom is -0.381 e. The van der Waals surface area contributed by atoms with Gasteiger partial charge in [0.05, 0.1) is 11.4 Å². The van der Waals surface area contributed by atoms with Crippen LogP contribution in [0.3, 0.4) is 0 Å². The molecule has 2 fully saturated rings. The molecule has 25 heavy (non-hydrogen) atoms. The normalized spacial score (nSPS) is 24.6. The van der Waals surface area contributed by atoms with Crippen molar-refractivity contribution in [1.29, 1.82) is 0 Å². The molecule has 6 nitrogen and oxygen atoms in total. The topological polar surface area (TPSA) is 69.0 Å². The quantitative estimate of drug-likeness (QED) is 0.927. The zero-order chi connectivity index (χ0) is 16.8. The zero-order valence-electron chi connectivity index (χ0n) is 14.1. The van der Waals surface area contributed by atoms with E-state index in [0.29, 0.717) is 30.0 Å². The van der Waals surface area contributed by atoms with Crippen LogP contribution < -0.4 is 5.32 Å². The zero-order valence-corrected chi connectivity index (χ0v) is 14.1. The van der Waals surface area contributed by atoms with Gasteiger partial charge in [-0.05, 0) is 49.7 Å². The van der Waals surface area contributed by atoms with Crippen LogP contribution in [0.1, 0.15) is 46.9 Å². The number of amides is 1. The van der Waals surface area contributed by atoms with Crippen LogP contribution >= 0.6 is 0 Å². The molecule has 1 N–H and O–H groups in total. The fraction of sp³-hybridized carbons (Fsp3) is 0.526. The van der Waals surface area contributed by atoms with Crippen LogP contribution in [-0.4, -0.2) is 40.4 Å². The first-order chi connectivity index (χ1) is 12.3. The standard InChI is InChI=1S/C19H22N4O2/c24-19(21-11-12-3-7-25-8-4-12)17-16-10-13-9-15(13)18(16)23(22-17)14-1-5-20-6-2-14/h1-2,5-6,12-13,15H,3-4,7-11H2,(H,21,24)/t13-,15-/m1/s1. The highest BCUT2D eigenvalue weighted by Gasteiger charge is 2.50. The first-order valence-corrected chi connectivity index (χ1v) is 9.19. The van der Waals surface area contributed by atoms with E-state index in [1.165, 1.54) is 12.1 Å². The van der Waals surface area contributed by atoms with Gasteiger partial charge in [0, 0.05) is 43.6 Å². The molecule has 0 aromatic carbocycles. The molecule has 3 aliphatic rings. The molecule has 3 heterocycles. The second-order valence-electron chi connectivity index (χ2n) is 7.40. The Kier molecular flexibility index (Phi) is 3.59. The summed E-state index contributed by atoms with van der Waals surface area (Å²) >= 11 is 0. The smallest absolute Gasteiger partial charge is 0.272 e. The number of ether oxygens (including phenoxy) is 1. The Morgan fingerprint density at radius 3 is 2.88 bits per heavy atom. The van der Waals surface area contributed by atoms with Gasteiger partial charge in [0.1, 0.15) is 0 Å². The van der Waals surface area contributed by atoms with Crippen LogP contribution in [0.5, 0.6) is 0 Å². The number of fused-ring (bicyclic) bond motifs is 3. The predicted molar refractivity (Wildman–Crippen MR) is 91.8 cm³/mol. The summed E-state index contributed by atoms with van der Waals surface area (Å²) in [4.78, 5) is 16.9. The van der Waals surface area contributed by atoms with E-state index in [2.05, 4.69) is 10.3 Å². The van der Waals surface area contributed by atoms with Crippen LogP contribution in [0, 0.1) is 11.8 Å². The fourth-order valence-electron chi connectivity index (χ4n) is 4.25. The second kappa shape index (κ2) is 5.95. The molecule has 0 unspecified atom stereocenters. The van der Waals surface area contributed by atoms with Crippen LogP contribution in [0.15, 0.2) is 24.5 Å². The Balaban J connectivity index is 1.40. The molecule has 1 aliphatic heterocycles. The minimum atomic E-state index is -0.0307. The van der Waals surface area contributed by atoms with Crippen molar-refractivity contribution in [2.75, 3.05) is 19.8 Å². The largest absolute Gasteiger partial charge is 0.381 e. The molecular formula is C19H22N4O2. The maximum Gasteiger partial charge on any atom is 0.272 e. The van der Waals surface area contributed by atoms with Gasteiger partial charge in [-0.2, -0.15) is 5.10 Å². The summed E-state index contributed by atoms with van der Waals surface area (Å²) < 4.78 is 7.36. The number of pyridine rings is 1. The Bertz CT molecular complexity index is 795. The SMILES string of the molecule is O=C(NCC1CCOCC1)c1nn(-c2ccncc2)c2c1C[C@H]1C[C@@H]21. The number of aromatic nitrogens is 3. The van der Waals surface area contributed by atoms with Crippen molar-refractivity contribution < 1.29 is 9.53 Å². The minimum absolute atomic E-state index is 0.0307. The van der Waals surface area contributed by atoms with E-state index in [1.807, 2.05) is 16.8 Å². The van der Waals surface area contributed by atoms with E-state index in [9.17, 15) is 4.79 Å². The van der Waals surface area contributed by atoms with E-state index in [4.69, 9.17) is 9.84 Å². The molecule has 6 heteroatoms. The maximum absolute atomic E-state index is 12.8. The highest BCUT2D eigenvalue weighted by molar-refractivity contribution is 5.94. The molecule has 1 saturated heterocycles. The fourth-order valence-corrected chi connectivity index (χ4v) is 4.25. The van der Waals surface area contributed by atoms with Gasteiger partial charge < -0.3 is 10.1 Å². The Morgan fingerprint density at radius 1 is 1.28 bits per heavy atom. The van der Waals surface area contributed by atoms with Gasteiger partial charge in [0.15, 0.2) is 5.69 Å². The van der Waals surface area contributed by atoms with E-state index < -0.39 is 0 Å². The van der Waals surface area contributed by atoms with E-state index in [1.54, 1.807) is 12.4 Å². The van der Waals surface area contributed by atoms with Crippen LogP contribution in [0.2, 0.25) is 0 Å². The van der Waals surface area contributed by atoms with Crippen LogP contribution in [0.25, 0.3) is 5.69 Å². The number of rotatable bonds is 4. The predicted octanol–water partition coefficient (Wildman–Crippen LogP) is 2.08. The number of nitrogens with one attached hydrogen (secondary N) is 1. The van der Waals surface area contributed by atoms with Crippen molar-refractivity contribution in [3.8, 4) is 5.69 Å². The van der Waals surface area contributed by atoms with Gasteiger partial charge in [-0.1, -0.05) is 0 Å². The molecule has 0 radical (unpaired) electrons. The molecule has 5 rings (SSSR count). The van der Waals surface area contributed by atoms with Crippen molar-refractivity contribution in [2.45, 2.75) is 31.6 Å². The summed E-state index contributed by atoms with van der Waals surface area (Å²) in [5.74, 6) is 1.77. The van der Waals surface area contributed by atoms with Gasteiger partial charge in [-0.3, -0.25) is 9.78 Å². The van der Waals surface area contributed by atoms with Gasteiger partial charge in [0.2, 0.25) is 0 Å². The number of carbonyl (C=O) groups excluding carboxylic acids is 1. The van der Waals surface area contributed by atoms with Gasteiger partial charge in [0.25, 0.3) is 5.91 Å². The maximum atomic E-state index is 12.8. The Morgan fingerprint density at radius 2 is 2.08 bits per heavy atom.